The lowest BCUT2D eigenvalue weighted by atomic mass is 10.1. The molecule has 25 heavy (non-hydrogen) atoms. The third-order valence-electron chi connectivity index (χ3n) is 4.11. The van der Waals surface area contributed by atoms with Crippen molar-refractivity contribution in [2.75, 3.05) is 5.73 Å². The summed E-state index contributed by atoms with van der Waals surface area (Å²) in [5, 5.41) is 11.6. The van der Waals surface area contributed by atoms with Gasteiger partial charge in [0, 0.05) is 12.1 Å². The van der Waals surface area contributed by atoms with Crippen molar-refractivity contribution in [1.29, 1.82) is 0 Å². The number of aromatic nitrogens is 5. The molecule has 4 aromatic rings. The van der Waals surface area contributed by atoms with Crippen molar-refractivity contribution >= 4 is 5.82 Å². The highest BCUT2D eigenvalue weighted by Gasteiger charge is 2.14. The fraction of sp³-hybridized carbons (Fsp3) is 0.105. The predicted molar refractivity (Wildman–Crippen MR) is 97.6 cm³/mol. The standard InChI is InChI=1S/C19H18N6/c20-17-16(13-21-25(17)12-11-14-7-3-1-4-8-14)19-22-18(23-24-19)15-9-5-2-6-10-15/h1-10,13H,11-12,20H2,(H,22,23,24). The molecular weight excluding hydrogens is 312 g/mol. The summed E-state index contributed by atoms with van der Waals surface area (Å²) in [4.78, 5) is 4.54. The monoisotopic (exact) mass is 330 g/mol. The van der Waals surface area contributed by atoms with Gasteiger partial charge in [0.2, 0.25) is 0 Å². The van der Waals surface area contributed by atoms with Crippen LogP contribution in [0.5, 0.6) is 0 Å². The van der Waals surface area contributed by atoms with Crippen molar-refractivity contribution in [2.45, 2.75) is 13.0 Å². The van der Waals surface area contributed by atoms with E-state index >= 15 is 0 Å². The van der Waals surface area contributed by atoms with E-state index in [-0.39, 0.29) is 0 Å². The van der Waals surface area contributed by atoms with Crippen LogP contribution in [0.25, 0.3) is 22.8 Å². The highest BCUT2D eigenvalue weighted by atomic mass is 15.3. The SMILES string of the molecule is Nc1c(-c2nc(-c3ccccc3)n[nH]2)cnn1CCc1ccccc1. The van der Waals surface area contributed by atoms with Crippen molar-refractivity contribution in [3.63, 3.8) is 0 Å². The third-order valence-corrected chi connectivity index (χ3v) is 4.11. The van der Waals surface area contributed by atoms with Crippen LogP contribution in [-0.2, 0) is 13.0 Å². The second-order valence-electron chi connectivity index (χ2n) is 5.78. The predicted octanol–water partition coefficient (Wildman–Crippen LogP) is 3.16. The van der Waals surface area contributed by atoms with Crippen molar-refractivity contribution in [1.82, 2.24) is 25.0 Å². The molecule has 0 aliphatic rings. The van der Waals surface area contributed by atoms with E-state index in [4.69, 9.17) is 5.73 Å². The van der Waals surface area contributed by atoms with Gasteiger partial charge in [0.25, 0.3) is 0 Å². The molecule has 124 valence electrons. The third kappa shape index (κ3) is 3.14. The Balaban J connectivity index is 1.54. The zero-order chi connectivity index (χ0) is 17.1. The van der Waals surface area contributed by atoms with E-state index in [0.29, 0.717) is 17.5 Å². The van der Waals surface area contributed by atoms with E-state index in [1.165, 1.54) is 5.56 Å². The minimum Gasteiger partial charge on any atom is -0.383 e. The second kappa shape index (κ2) is 6.60. The van der Waals surface area contributed by atoms with Crippen LogP contribution < -0.4 is 5.73 Å². The molecule has 3 N–H and O–H groups in total. The summed E-state index contributed by atoms with van der Waals surface area (Å²) in [6, 6.07) is 20.1. The van der Waals surface area contributed by atoms with E-state index in [2.05, 4.69) is 32.4 Å². The molecular formula is C19H18N6. The van der Waals surface area contributed by atoms with Crippen LogP contribution in [0.3, 0.4) is 0 Å². The molecule has 0 radical (unpaired) electrons. The number of hydrogen-bond donors (Lipinski definition) is 2. The molecule has 0 saturated heterocycles. The largest absolute Gasteiger partial charge is 0.383 e. The van der Waals surface area contributed by atoms with E-state index in [1.54, 1.807) is 10.9 Å². The van der Waals surface area contributed by atoms with Crippen LogP contribution in [-0.4, -0.2) is 25.0 Å². The van der Waals surface area contributed by atoms with Crippen LogP contribution in [0.15, 0.2) is 66.9 Å². The molecule has 0 fully saturated rings. The number of nitrogen functional groups attached to an aromatic ring is 1. The van der Waals surface area contributed by atoms with Crippen LogP contribution in [0.1, 0.15) is 5.56 Å². The summed E-state index contributed by atoms with van der Waals surface area (Å²) in [7, 11) is 0. The molecule has 0 bridgehead atoms. The van der Waals surface area contributed by atoms with Gasteiger partial charge in [-0.1, -0.05) is 60.7 Å². The van der Waals surface area contributed by atoms with Crippen molar-refractivity contribution in [3.8, 4) is 22.8 Å². The Morgan fingerprint density at radius 2 is 1.68 bits per heavy atom. The second-order valence-corrected chi connectivity index (χ2v) is 5.78. The Bertz CT molecular complexity index is 956. The Morgan fingerprint density at radius 3 is 2.44 bits per heavy atom. The fourth-order valence-electron chi connectivity index (χ4n) is 2.73. The summed E-state index contributed by atoms with van der Waals surface area (Å²) in [5.41, 5.74) is 9.24. The molecule has 0 amide bonds. The smallest absolute Gasteiger partial charge is 0.181 e. The first kappa shape index (κ1) is 15.1. The van der Waals surface area contributed by atoms with E-state index in [1.807, 2.05) is 48.5 Å². The number of nitrogens with two attached hydrogens (primary N) is 1. The number of anilines is 1. The first-order valence-electron chi connectivity index (χ1n) is 8.14. The zero-order valence-electron chi connectivity index (χ0n) is 13.6. The first-order valence-corrected chi connectivity index (χ1v) is 8.14. The van der Waals surface area contributed by atoms with Crippen LogP contribution in [0, 0.1) is 0 Å². The van der Waals surface area contributed by atoms with Gasteiger partial charge < -0.3 is 5.73 Å². The molecule has 0 spiro atoms. The van der Waals surface area contributed by atoms with Gasteiger partial charge in [0.15, 0.2) is 11.6 Å². The molecule has 0 unspecified atom stereocenters. The summed E-state index contributed by atoms with van der Waals surface area (Å²) in [6.45, 7) is 0.718. The van der Waals surface area contributed by atoms with Gasteiger partial charge >= 0.3 is 0 Å². The molecule has 0 aliphatic heterocycles. The number of hydrogen-bond acceptors (Lipinski definition) is 4. The topological polar surface area (TPSA) is 85.4 Å². The molecule has 6 heteroatoms. The molecule has 6 nitrogen and oxygen atoms in total. The number of nitrogens with zero attached hydrogens (tertiary/aromatic N) is 4. The van der Waals surface area contributed by atoms with Gasteiger partial charge in [-0.25, -0.2) is 9.67 Å². The highest BCUT2D eigenvalue weighted by molar-refractivity contribution is 5.69. The molecule has 0 atom stereocenters. The highest BCUT2D eigenvalue weighted by Crippen LogP contribution is 2.24. The lowest BCUT2D eigenvalue weighted by Crippen LogP contribution is -2.07. The van der Waals surface area contributed by atoms with Crippen LogP contribution in [0.4, 0.5) is 5.82 Å². The molecule has 2 aromatic heterocycles. The van der Waals surface area contributed by atoms with Crippen LogP contribution >= 0.6 is 0 Å². The number of nitrogens with one attached hydrogen (secondary N) is 1. The fourth-order valence-corrected chi connectivity index (χ4v) is 2.73. The zero-order valence-corrected chi connectivity index (χ0v) is 13.6. The maximum Gasteiger partial charge on any atom is 0.181 e. The summed E-state index contributed by atoms with van der Waals surface area (Å²) in [6.07, 6.45) is 2.60. The summed E-state index contributed by atoms with van der Waals surface area (Å²) < 4.78 is 1.80. The summed E-state index contributed by atoms with van der Waals surface area (Å²) in [5.74, 6) is 1.86. The van der Waals surface area contributed by atoms with Crippen molar-refractivity contribution in [2.24, 2.45) is 0 Å². The van der Waals surface area contributed by atoms with Gasteiger partial charge in [-0.15, -0.1) is 0 Å². The number of aromatic amines is 1. The normalized spacial score (nSPS) is 10.9. The number of rotatable bonds is 5. The number of H-pyrrole nitrogens is 1. The quantitative estimate of drug-likeness (QED) is 0.588. The Hall–Kier alpha value is -3.41. The average Bonchev–Trinajstić information content (AvgIpc) is 3.28. The molecule has 2 aromatic carbocycles. The van der Waals surface area contributed by atoms with Gasteiger partial charge in [-0.05, 0) is 12.0 Å². The van der Waals surface area contributed by atoms with Gasteiger partial charge in [0.05, 0.1) is 11.8 Å². The maximum atomic E-state index is 6.26. The van der Waals surface area contributed by atoms with Gasteiger partial charge in [-0.2, -0.15) is 10.2 Å². The molecule has 0 saturated carbocycles. The first-order chi connectivity index (χ1) is 12.3. The van der Waals surface area contributed by atoms with Crippen molar-refractivity contribution < 1.29 is 0 Å². The Labute approximate surface area is 145 Å². The van der Waals surface area contributed by atoms with Gasteiger partial charge in [0.1, 0.15) is 5.82 Å². The minimum atomic E-state index is 0.590. The average molecular weight is 330 g/mol. The van der Waals surface area contributed by atoms with E-state index in [9.17, 15) is 0 Å². The molecule has 4 rings (SSSR count). The number of aryl methyl sites for hydroxylation is 2. The lowest BCUT2D eigenvalue weighted by Gasteiger charge is -2.04. The Morgan fingerprint density at radius 1 is 0.960 bits per heavy atom. The molecule has 2 heterocycles. The lowest BCUT2D eigenvalue weighted by molar-refractivity contribution is 0.624. The molecule has 0 aliphatic carbocycles. The van der Waals surface area contributed by atoms with E-state index in [0.717, 1.165) is 24.1 Å². The van der Waals surface area contributed by atoms with Gasteiger partial charge in [-0.3, -0.25) is 5.10 Å². The summed E-state index contributed by atoms with van der Waals surface area (Å²) >= 11 is 0. The van der Waals surface area contributed by atoms with E-state index < -0.39 is 0 Å². The minimum absolute atomic E-state index is 0.590. The van der Waals surface area contributed by atoms with Crippen LogP contribution in [0.2, 0.25) is 0 Å². The Kier molecular flexibility index (Phi) is 4.00. The van der Waals surface area contributed by atoms with Crippen molar-refractivity contribution in [3.05, 3.63) is 72.4 Å². The number of benzene rings is 2. The maximum absolute atomic E-state index is 6.26.